The van der Waals surface area contributed by atoms with Crippen LogP contribution < -0.4 is 0 Å². The average molecular weight is 709 g/mol. The first kappa shape index (κ1) is 31.5. The molecule has 4 heterocycles. The fourth-order valence-corrected chi connectivity index (χ4v) is 8.53. The van der Waals surface area contributed by atoms with Gasteiger partial charge < -0.3 is 9.13 Å². The van der Waals surface area contributed by atoms with Crippen molar-refractivity contribution in [2.45, 2.75) is 26.2 Å². The molecule has 0 atom stereocenters. The van der Waals surface area contributed by atoms with E-state index in [2.05, 4.69) is 198 Å². The molecule has 0 aliphatic rings. The predicted octanol–water partition coefficient (Wildman–Crippen LogP) is 12.1. The Hall–Kier alpha value is -7.05. The smallest absolute Gasteiger partial charge is 0.238 e. The van der Waals surface area contributed by atoms with Gasteiger partial charge in [-0.25, -0.2) is 4.98 Å². The molecule has 0 bridgehead atoms. The van der Waals surface area contributed by atoms with Crippen molar-refractivity contribution in [3.05, 3.63) is 170 Å². The van der Waals surface area contributed by atoms with Crippen molar-refractivity contribution in [3.63, 3.8) is 0 Å². The van der Waals surface area contributed by atoms with Gasteiger partial charge in [0.15, 0.2) is 5.82 Å². The van der Waals surface area contributed by atoms with Gasteiger partial charge in [-0.2, -0.15) is 9.97 Å². The third kappa shape index (κ3) is 4.64. The highest BCUT2D eigenvalue weighted by molar-refractivity contribution is 6.12. The molecule has 0 saturated carbocycles. The first-order valence-electron chi connectivity index (χ1n) is 18.8. The number of para-hydroxylation sites is 7. The predicted molar refractivity (Wildman–Crippen MR) is 227 cm³/mol. The topological polar surface area (TPSA) is 53.5 Å². The Morgan fingerprint density at radius 3 is 1.16 bits per heavy atom. The Morgan fingerprint density at radius 2 is 0.745 bits per heavy atom. The van der Waals surface area contributed by atoms with Crippen LogP contribution in [-0.4, -0.2) is 28.7 Å². The molecule has 0 amide bonds. The van der Waals surface area contributed by atoms with Gasteiger partial charge in [0.2, 0.25) is 5.95 Å². The number of rotatable bonds is 4. The maximum atomic E-state index is 5.46. The molecule has 55 heavy (non-hydrogen) atoms. The van der Waals surface area contributed by atoms with Crippen LogP contribution in [0.5, 0.6) is 0 Å². The monoisotopic (exact) mass is 708 g/mol. The van der Waals surface area contributed by atoms with Crippen LogP contribution in [0.3, 0.4) is 0 Å². The van der Waals surface area contributed by atoms with Crippen LogP contribution in [0.4, 0.5) is 0 Å². The van der Waals surface area contributed by atoms with E-state index in [0.29, 0.717) is 11.8 Å². The molecule has 0 saturated heterocycles. The minimum Gasteiger partial charge on any atom is -0.307 e. The van der Waals surface area contributed by atoms with E-state index in [9.17, 15) is 0 Å². The highest BCUT2D eigenvalue weighted by Crippen LogP contribution is 2.42. The van der Waals surface area contributed by atoms with E-state index in [-0.39, 0.29) is 5.41 Å². The molecule has 11 rings (SSSR count). The van der Waals surface area contributed by atoms with Gasteiger partial charge in [-0.05, 0) is 48.5 Å². The molecular weight excluding hydrogens is 673 g/mol. The van der Waals surface area contributed by atoms with Crippen LogP contribution in [0.2, 0.25) is 0 Å². The summed E-state index contributed by atoms with van der Waals surface area (Å²) in [5.41, 5.74) is 9.23. The minimum atomic E-state index is -0.358. The second-order valence-corrected chi connectivity index (χ2v) is 15.3. The van der Waals surface area contributed by atoms with E-state index >= 15 is 0 Å². The van der Waals surface area contributed by atoms with Gasteiger partial charge in [-0.15, -0.1) is 0 Å². The molecule has 4 aromatic heterocycles. The van der Waals surface area contributed by atoms with Crippen molar-refractivity contribution in [1.82, 2.24) is 28.7 Å². The normalized spacial score (nSPS) is 12.3. The van der Waals surface area contributed by atoms with E-state index in [4.69, 9.17) is 15.0 Å². The van der Waals surface area contributed by atoms with Crippen LogP contribution in [0.1, 0.15) is 26.6 Å². The fourth-order valence-electron chi connectivity index (χ4n) is 8.53. The zero-order chi connectivity index (χ0) is 36.8. The number of nitrogens with zero attached hydrogens (tertiary/aromatic N) is 6. The summed E-state index contributed by atoms with van der Waals surface area (Å²) < 4.78 is 7.02. The molecule has 0 N–H and O–H groups in total. The second kappa shape index (κ2) is 11.7. The zero-order valence-electron chi connectivity index (χ0n) is 30.8. The molecule has 0 radical (unpaired) electrons. The van der Waals surface area contributed by atoms with E-state index in [0.717, 1.165) is 66.6 Å². The molecule has 262 valence electrons. The number of benzene rings is 7. The molecule has 0 fully saturated rings. The average Bonchev–Trinajstić information content (AvgIpc) is 3.86. The standard InChI is InChI=1S/C49H36N6/c1-49(2,3)47-50-46(51-48(52-47)55-42-28-14-8-21-35(42)36-22-9-15-29-43(36)55)37-23-16-30-44(53-38-24-10-4-17-31(38)32-18-5-11-25-39(32)53)45(37)54-40-26-12-6-19-33(40)34-20-7-13-27-41(34)54/h4-30H,1-3H3. The highest BCUT2D eigenvalue weighted by atomic mass is 15.2. The molecule has 6 heteroatoms. The largest absolute Gasteiger partial charge is 0.307 e. The van der Waals surface area contributed by atoms with Crippen molar-refractivity contribution in [2.75, 3.05) is 0 Å². The van der Waals surface area contributed by atoms with Gasteiger partial charge in [0.1, 0.15) is 5.82 Å². The SMILES string of the molecule is CC(C)(C)c1nc(-c2cccc(-n3c4ccccc4c4ccccc43)c2-n2c3ccccc3c3ccccc32)nc(-n2c3ccccc3c3ccccc32)n1. The Kier molecular flexibility index (Phi) is 6.71. The van der Waals surface area contributed by atoms with Crippen molar-refractivity contribution in [2.24, 2.45) is 0 Å². The summed E-state index contributed by atoms with van der Waals surface area (Å²) in [4.78, 5) is 16.1. The summed E-state index contributed by atoms with van der Waals surface area (Å²) >= 11 is 0. The van der Waals surface area contributed by atoms with Gasteiger partial charge in [-0.3, -0.25) is 4.57 Å². The number of aromatic nitrogens is 6. The van der Waals surface area contributed by atoms with Crippen LogP contribution in [0, 0.1) is 0 Å². The van der Waals surface area contributed by atoms with E-state index in [1.807, 2.05) is 0 Å². The zero-order valence-corrected chi connectivity index (χ0v) is 30.8. The van der Waals surface area contributed by atoms with Crippen LogP contribution in [0.15, 0.2) is 164 Å². The summed E-state index contributed by atoms with van der Waals surface area (Å²) in [6, 6.07) is 58.3. The van der Waals surface area contributed by atoms with E-state index in [1.165, 1.54) is 21.5 Å². The second-order valence-electron chi connectivity index (χ2n) is 15.3. The summed E-state index contributed by atoms with van der Waals surface area (Å²) in [5.74, 6) is 1.95. The van der Waals surface area contributed by atoms with Crippen molar-refractivity contribution >= 4 is 65.4 Å². The molecule has 0 unspecified atom stereocenters. The lowest BCUT2D eigenvalue weighted by Crippen LogP contribution is -2.20. The lowest BCUT2D eigenvalue weighted by atomic mass is 9.95. The maximum Gasteiger partial charge on any atom is 0.238 e. The summed E-state index contributed by atoms with van der Waals surface area (Å²) in [5, 5.41) is 7.13. The number of hydrogen-bond acceptors (Lipinski definition) is 3. The molecule has 11 aromatic rings. The molecule has 0 spiro atoms. The Balaban J connectivity index is 1.31. The van der Waals surface area contributed by atoms with Crippen molar-refractivity contribution in [1.29, 1.82) is 0 Å². The van der Waals surface area contributed by atoms with Gasteiger partial charge in [-0.1, -0.05) is 136 Å². The van der Waals surface area contributed by atoms with Crippen LogP contribution in [0.25, 0.3) is 94.1 Å². The van der Waals surface area contributed by atoms with E-state index < -0.39 is 0 Å². The first-order chi connectivity index (χ1) is 27.0. The van der Waals surface area contributed by atoms with Gasteiger partial charge in [0.05, 0.1) is 44.5 Å². The van der Waals surface area contributed by atoms with Crippen LogP contribution >= 0.6 is 0 Å². The quantitative estimate of drug-likeness (QED) is 0.183. The van der Waals surface area contributed by atoms with Crippen molar-refractivity contribution < 1.29 is 0 Å². The summed E-state index contributed by atoms with van der Waals surface area (Å²) in [7, 11) is 0. The van der Waals surface area contributed by atoms with Gasteiger partial charge >= 0.3 is 0 Å². The lowest BCUT2D eigenvalue weighted by Gasteiger charge is -2.22. The molecule has 0 aliphatic carbocycles. The maximum absolute atomic E-state index is 5.46. The third-order valence-corrected chi connectivity index (χ3v) is 11.0. The first-order valence-corrected chi connectivity index (χ1v) is 18.8. The van der Waals surface area contributed by atoms with E-state index in [1.54, 1.807) is 0 Å². The molecular formula is C49H36N6. The third-order valence-electron chi connectivity index (χ3n) is 11.0. The summed E-state index contributed by atoms with van der Waals surface area (Å²) in [6.45, 7) is 6.51. The Morgan fingerprint density at radius 1 is 0.364 bits per heavy atom. The van der Waals surface area contributed by atoms with Gasteiger partial charge in [0, 0.05) is 43.3 Å². The minimum absolute atomic E-state index is 0.358. The molecule has 7 aromatic carbocycles. The number of hydrogen-bond donors (Lipinski definition) is 0. The van der Waals surface area contributed by atoms with Crippen molar-refractivity contribution in [3.8, 4) is 28.7 Å². The highest BCUT2D eigenvalue weighted by Gasteiger charge is 2.27. The number of fused-ring (bicyclic) bond motifs is 9. The van der Waals surface area contributed by atoms with Gasteiger partial charge in [0.25, 0.3) is 0 Å². The Bertz CT molecular complexity index is 3160. The molecule has 0 aliphatic heterocycles. The summed E-state index contributed by atoms with van der Waals surface area (Å²) in [6.07, 6.45) is 0. The van der Waals surface area contributed by atoms with Crippen LogP contribution in [-0.2, 0) is 5.41 Å². The lowest BCUT2D eigenvalue weighted by molar-refractivity contribution is 0.540. The Labute approximate surface area is 317 Å². The fraction of sp³-hybridized carbons (Fsp3) is 0.0816. The molecule has 6 nitrogen and oxygen atoms in total.